The summed E-state index contributed by atoms with van der Waals surface area (Å²) in [5.41, 5.74) is -0.536. The number of carbonyl (C=O) groups excluding carboxylic acids is 3. The lowest BCUT2D eigenvalue weighted by molar-refractivity contribution is -0.182. The molecule has 5 aliphatic rings. The molecule has 0 amide bonds. The first-order valence-corrected chi connectivity index (χ1v) is 9.20. The van der Waals surface area contributed by atoms with Crippen molar-refractivity contribution in [3.8, 4) is 0 Å². The van der Waals surface area contributed by atoms with Gasteiger partial charge in [-0.15, -0.1) is 0 Å². The van der Waals surface area contributed by atoms with Crippen molar-refractivity contribution < 1.29 is 19.1 Å². The van der Waals surface area contributed by atoms with Gasteiger partial charge in [0.15, 0.2) is 11.9 Å². The molecule has 0 aromatic rings. The highest BCUT2D eigenvalue weighted by Gasteiger charge is 2.76. The highest BCUT2D eigenvalue weighted by molar-refractivity contribution is 6.02. The van der Waals surface area contributed by atoms with Gasteiger partial charge in [-0.3, -0.25) is 14.4 Å². The van der Waals surface area contributed by atoms with E-state index in [1.165, 1.54) is 0 Å². The Labute approximate surface area is 142 Å². The highest BCUT2D eigenvalue weighted by atomic mass is 16.6. The summed E-state index contributed by atoms with van der Waals surface area (Å²) < 4.78 is 5.70. The van der Waals surface area contributed by atoms with Crippen molar-refractivity contribution in [1.82, 2.24) is 0 Å². The molecule has 4 saturated carbocycles. The van der Waals surface area contributed by atoms with Crippen LogP contribution in [0.4, 0.5) is 0 Å². The summed E-state index contributed by atoms with van der Waals surface area (Å²) in [6.07, 6.45) is 3.80. The molecule has 0 N–H and O–H groups in total. The van der Waals surface area contributed by atoms with Crippen molar-refractivity contribution in [2.24, 2.45) is 34.0 Å². The topological polar surface area (TPSA) is 60.4 Å². The van der Waals surface area contributed by atoms with E-state index in [2.05, 4.69) is 13.5 Å². The normalized spacial score (nSPS) is 55.2. The Morgan fingerprint density at radius 2 is 1.92 bits per heavy atom. The number of allylic oxidation sites excluding steroid dienone is 1. The summed E-state index contributed by atoms with van der Waals surface area (Å²) in [6, 6.07) is 0. The van der Waals surface area contributed by atoms with Crippen molar-refractivity contribution in [3.05, 3.63) is 12.2 Å². The number of hydrogen-bond acceptors (Lipinski definition) is 4. The Hall–Kier alpha value is -1.45. The second-order valence-corrected chi connectivity index (χ2v) is 9.44. The van der Waals surface area contributed by atoms with E-state index in [0.29, 0.717) is 12.8 Å². The Bertz CT molecular complexity index is 723. The van der Waals surface area contributed by atoms with Crippen LogP contribution in [-0.4, -0.2) is 23.6 Å². The number of Topliss-reactive ketones (excluding diaryl/α,β-unsaturated/α-hetero) is 2. The number of ether oxygens (including phenoxy) is 1. The van der Waals surface area contributed by atoms with Crippen molar-refractivity contribution in [1.29, 1.82) is 0 Å². The average molecular weight is 328 g/mol. The quantitative estimate of drug-likeness (QED) is 0.507. The summed E-state index contributed by atoms with van der Waals surface area (Å²) in [7, 11) is 0. The maximum atomic E-state index is 13.5. The van der Waals surface area contributed by atoms with Gasteiger partial charge in [0.25, 0.3) is 0 Å². The fourth-order valence-electron chi connectivity index (χ4n) is 7.55. The van der Waals surface area contributed by atoms with Crippen LogP contribution in [0.2, 0.25) is 0 Å². The zero-order chi connectivity index (χ0) is 17.1. The lowest BCUT2D eigenvalue weighted by Crippen LogP contribution is -2.66. The number of ketones is 2. The van der Waals surface area contributed by atoms with Crippen molar-refractivity contribution in [3.63, 3.8) is 0 Å². The summed E-state index contributed by atoms with van der Waals surface area (Å²) in [5.74, 6) is -0.252. The average Bonchev–Trinajstić information content (AvgIpc) is 2.91. The molecule has 1 spiro atoms. The summed E-state index contributed by atoms with van der Waals surface area (Å²) in [4.78, 5) is 39.3. The lowest BCUT2D eigenvalue weighted by Gasteiger charge is -2.60. The van der Waals surface area contributed by atoms with Crippen LogP contribution in [0.3, 0.4) is 0 Å². The molecule has 1 heterocycles. The van der Waals surface area contributed by atoms with E-state index in [1.54, 1.807) is 0 Å². The second kappa shape index (κ2) is 4.03. The predicted octanol–water partition coefficient (Wildman–Crippen LogP) is 2.85. The largest absolute Gasteiger partial charge is 0.454 e. The molecule has 1 aliphatic heterocycles. The standard InChI is InChI=1S/C20H24O4/c1-10-8-20-9-11(10)7-12(21)14(20)18(2)5-4-6-19(3)15(18)13(16(20)22)24-17(19)23/h11,13-15H,1,4-9H2,2-3H3/t11-,13-,14+,15+,18+,19-,20+/m1/s1. The van der Waals surface area contributed by atoms with Crippen LogP contribution in [0.1, 0.15) is 52.4 Å². The van der Waals surface area contributed by atoms with Crippen LogP contribution in [0.15, 0.2) is 12.2 Å². The number of rotatable bonds is 0. The fourth-order valence-corrected chi connectivity index (χ4v) is 7.55. The van der Waals surface area contributed by atoms with Crippen LogP contribution in [0.25, 0.3) is 0 Å². The third kappa shape index (κ3) is 1.34. The monoisotopic (exact) mass is 328 g/mol. The minimum atomic E-state index is -0.657. The molecule has 1 saturated heterocycles. The fraction of sp³-hybridized carbons (Fsp3) is 0.750. The SMILES string of the molecule is C=C1C[C@]23C[C@H]1CC(=O)[C@H]2[C@]1(C)CCC[C@@]2(C)C(=O)O[C@@H](C3=O)[C@@H]12. The third-order valence-electron chi connectivity index (χ3n) is 8.27. The first-order chi connectivity index (χ1) is 11.2. The molecule has 4 aliphatic carbocycles. The van der Waals surface area contributed by atoms with Gasteiger partial charge in [0, 0.05) is 23.7 Å². The van der Waals surface area contributed by atoms with E-state index < -0.39 is 16.9 Å². The van der Waals surface area contributed by atoms with E-state index >= 15 is 0 Å². The zero-order valence-corrected chi connectivity index (χ0v) is 14.4. The third-order valence-corrected chi connectivity index (χ3v) is 8.27. The minimum absolute atomic E-state index is 0.0191. The molecule has 2 bridgehead atoms. The van der Waals surface area contributed by atoms with Gasteiger partial charge >= 0.3 is 5.97 Å². The van der Waals surface area contributed by atoms with Gasteiger partial charge in [-0.05, 0) is 43.9 Å². The Morgan fingerprint density at radius 3 is 2.67 bits per heavy atom. The summed E-state index contributed by atoms with van der Waals surface area (Å²) in [6.45, 7) is 8.26. The lowest BCUT2D eigenvalue weighted by atomic mass is 9.40. The predicted molar refractivity (Wildman–Crippen MR) is 85.9 cm³/mol. The van der Waals surface area contributed by atoms with Gasteiger partial charge < -0.3 is 4.74 Å². The molecule has 5 rings (SSSR count). The first kappa shape index (κ1) is 14.9. The number of carbonyl (C=O) groups is 3. The van der Waals surface area contributed by atoms with E-state index in [1.807, 2.05) is 6.92 Å². The van der Waals surface area contributed by atoms with Crippen LogP contribution in [0, 0.1) is 34.0 Å². The number of fused-ring (bicyclic) bond motifs is 2. The highest BCUT2D eigenvalue weighted by Crippen LogP contribution is 2.72. The number of hydrogen-bond donors (Lipinski definition) is 0. The summed E-state index contributed by atoms with van der Waals surface area (Å²) in [5, 5.41) is 0. The van der Waals surface area contributed by atoms with Gasteiger partial charge in [-0.2, -0.15) is 0 Å². The first-order valence-electron chi connectivity index (χ1n) is 9.20. The zero-order valence-electron chi connectivity index (χ0n) is 14.4. The van der Waals surface area contributed by atoms with E-state index in [-0.39, 0.29) is 40.7 Å². The van der Waals surface area contributed by atoms with Crippen LogP contribution in [-0.2, 0) is 19.1 Å². The Balaban J connectivity index is 1.75. The molecular weight excluding hydrogens is 304 g/mol. The molecule has 0 unspecified atom stereocenters. The molecule has 128 valence electrons. The van der Waals surface area contributed by atoms with Crippen LogP contribution in [0.5, 0.6) is 0 Å². The molecule has 7 atom stereocenters. The van der Waals surface area contributed by atoms with E-state index in [0.717, 1.165) is 31.3 Å². The van der Waals surface area contributed by atoms with E-state index in [4.69, 9.17) is 4.74 Å². The molecule has 4 nitrogen and oxygen atoms in total. The van der Waals surface area contributed by atoms with Gasteiger partial charge in [0.2, 0.25) is 0 Å². The minimum Gasteiger partial charge on any atom is -0.454 e. The molecule has 0 aromatic carbocycles. The van der Waals surface area contributed by atoms with Crippen LogP contribution < -0.4 is 0 Å². The second-order valence-electron chi connectivity index (χ2n) is 9.44. The van der Waals surface area contributed by atoms with Crippen molar-refractivity contribution >= 4 is 17.5 Å². The van der Waals surface area contributed by atoms with E-state index in [9.17, 15) is 14.4 Å². The van der Waals surface area contributed by atoms with Gasteiger partial charge in [-0.25, -0.2) is 0 Å². The van der Waals surface area contributed by atoms with Gasteiger partial charge in [0.1, 0.15) is 5.78 Å². The van der Waals surface area contributed by atoms with Gasteiger partial charge in [-0.1, -0.05) is 25.5 Å². The maximum Gasteiger partial charge on any atom is 0.312 e. The van der Waals surface area contributed by atoms with Crippen LogP contribution >= 0.6 is 0 Å². The summed E-state index contributed by atoms with van der Waals surface area (Å²) >= 11 is 0. The van der Waals surface area contributed by atoms with Crippen molar-refractivity contribution in [2.45, 2.75) is 58.5 Å². The maximum absolute atomic E-state index is 13.5. The molecule has 0 radical (unpaired) electrons. The molecular formula is C20H24O4. The molecule has 0 aromatic heterocycles. The Morgan fingerprint density at radius 1 is 1.17 bits per heavy atom. The van der Waals surface area contributed by atoms with Gasteiger partial charge in [0.05, 0.1) is 5.41 Å². The molecule has 4 heteroatoms. The molecule has 5 fully saturated rings. The number of esters is 1. The molecule has 24 heavy (non-hydrogen) atoms. The van der Waals surface area contributed by atoms with Crippen molar-refractivity contribution in [2.75, 3.05) is 0 Å². The Kier molecular flexibility index (Phi) is 2.49. The smallest absolute Gasteiger partial charge is 0.312 e.